The van der Waals surface area contributed by atoms with Gasteiger partial charge in [0, 0.05) is 16.1 Å². The summed E-state index contributed by atoms with van der Waals surface area (Å²) < 4.78 is 7.11. The fourth-order valence-electron chi connectivity index (χ4n) is 3.07. The van der Waals surface area contributed by atoms with Gasteiger partial charge in [-0.1, -0.05) is 35.2 Å². The Morgan fingerprint density at radius 2 is 1.91 bits per heavy atom. The van der Waals surface area contributed by atoms with E-state index >= 15 is 0 Å². The number of halogens is 2. The summed E-state index contributed by atoms with van der Waals surface area (Å²) in [6.45, 7) is 2.95. The van der Waals surface area contributed by atoms with Crippen LogP contribution >= 0.6 is 28.3 Å². The zero-order valence-electron chi connectivity index (χ0n) is 12.9. The molecule has 1 aliphatic rings. The molecule has 0 amide bonds. The normalized spacial score (nSPS) is 15.5. The third-order valence-electron chi connectivity index (χ3n) is 4.29. The van der Waals surface area contributed by atoms with Gasteiger partial charge in [0.1, 0.15) is 11.5 Å². The van der Waals surface area contributed by atoms with Crippen molar-refractivity contribution < 1.29 is 4.42 Å². The minimum Gasteiger partial charge on any atom is -0.460 e. The Kier molecular flexibility index (Phi) is 6.54. The Bertz CT molecular complexity index is 605. The summed E-state index contributed by atoms with van der Waals surface area (Å²) in [5, 5.41) is 3.63. The second-order valence-electron chi connectivity index (χ2n) is 5.94. The lowest BCUT2D eigenvalue weighted by molar-refractivity contribution is 0.358. The van der Waals surface area contributed by atoms with E-state index in [1.807, 2.05) is 0 Å². The molecule has 1 aromatic carbocycles. The fourth-order valence-corrected chi connectivity index (χ4v) is 3.55. The molecule has 2 nitrogen and oxygen atoms in total. The van der Waals surface area contributed by atoms with Crippen LogP contribution in [0.2, 0.25) is 0 Å². The van der Waals surface area contributed by atoms with Gasteiger partial charge in [0.05, 0.1) is 6.54 Å². The molecule has 0 aliphatic heterocycles. The maximum Gasteiger partial charge on any atom is 0.134 e. The Morgan fingerprint density at radius 1 is 1.14 bits per heavy atom. The van der Waals surface area contributed by atoms with Crippen molar-refractivity contribution in [1.82, 2.24) is 5.32 Å². The lowest BCUT2D eigenvalue weighted by atomic mass is 9.95. The number of aryl methyl sites for hydroxylation is 1. The molecule has 1 heterocycles. The van der Waals surface area contributed by atoms with Gasteiger partial charge in [-0.3, -0.25) is 0 Å². The van der Waals surface area contributed by atoms with Crippen LogP contribution in [0, 0.1) is 6.92 Å². The van der Waals surface area contributed by atoms with E-state index in [1.54, 1.807) is 0 Å². The molecule has 0 unspecified atom stereocenters. The SMILES string of the molecule is Cc1cc(Br)ccc1-c1ccc(CNC2CCCCC2)o1.Cl. The van der Waals surface area contributed by atoms with Crippen LogP contribution in [-0.4, -0.2) is 6.04 Å². The highest BCUT2D eigenvalue weighted by molar-refractivity contribution is 9.10. The van der Waals surface area contributed by atoms with E-state index in [0.717, 1.165) is 22.5 Å². The molecular weight excluding hydrogens is 362 g/mol. The van der Waals surface area contributed by atoms with E-state index in [0.29, 0.717) is 6.04 Å². The molecule has 0 radical (unpaired) electrons. The van der Waals surface area contributed by atoms with Crippen molar-refractivity contribution in [3.63, 3.8) is 0 Å². The molecule has 1 aliphatic carbocycles. The first-order valence-corrected chi connectivity index (χ1v) is 8.60. The summed E-state index contributed by atoms with van der Waals surface area (Å²) in [4.78, 5) is 0. The van der Waals surface area contributed by atoms with Crippen LogP contribution in [0.5, 0.6) is 0 Å². The van der Waals surface area contributed by atoms with E-state index in [-0.39, 0.29) is 12.4 Å². The molecule has 2 aromatic rings. The number of benzene rings is 1. The van der Waals surface area contributed by atoms with Crippen LogP contribution < -0.4 is 5.32 Å². The van der Waals surface area contributed by atoms with Crippen LogP contribution in [0.3, 0.4) is 0 Å². The molecule has 0 saturated heterocycles. The monoisotopic (exact) mass is 383 g/mol. The van der Waals surface area contributed by atoms with E-state index < -0.39 is 0 Å². The molecule has 22 heavy (non-hydrogen) atoms. The molecule has 3 rings (SSSR count). The summed E-state index contributed by atoms with van der Waals surface area (Å²) in [7, 11) is 0. The first-order chi connectivity index (χ1) is 10.2. The number of nitrogens with one attached hydrogen (secondary N) is 1. The molecule has 0 spiro atoms. The molecule has 120 valence electrons. The molecule has 4 heteroatoms. The van der Waals surface area contributed by atoms with Crippen molar-refractivity contribution in [3.8, 4) is 11.3 Å². The number of hydrogen-bond acceptors (Lipinski definition) is 2. The Hall–Kier alpha value is -0.770. The van der Waals surface area contributed by atoms with Crippen molar-refractivity contribution in [1.29, 1.82) is 0 Å². The highest BCUT2D eigenvalue weighted by Crippen LogP contribution is 2.28. The van der Waals surface area contributed by atoms with E-state index in [4.69, 9.17) is 4.42 Å². The molecule has 0 atom stereocenters. The largest absolute Gasteiger partial charge is 0.460 e. The second-order valence-corrected chi connectivity index (χ2v) is 6.86. The van der Waals surface area contributed by atoms with E-state index in [9.17, 15) is 0 Å². The van der Waals surface area contributed by atoms with Gasteiger partial charge in [0.25, 0.3) is 0 Å². The zero-order chi connectivity index (χ0) is 14.7. The van der Waals surface area contributed by atoms with Gasteiger partial charge in [-0.15, -0.1) is 12.4 Å². The third-order valence-corrected chi connectivity index (χ3v) is 4.78. The third kappa shape index (κ3) is 4.37. The summed E-state index contributed by atoms with van der Waals surface area (Å²) >= 11 is 3.50. The number of rotatable bonds is 4. The summed E-state index contributed by atoms with van der Waals surface area (Å²) in [5.74, 6) is 1.98. The molecule has 1 saturated carbocycles. The Balaban J connectivity index is 0.00000176. The maximum absolute atomic E-state index is 6.00. The van der Waals surface area contributed by atoms with E-state index in [1.165, 1.54) is 43.2 Å². The summed E-state index contributed by atoms with van der Waals surface area (Å²) in [6, 6.07) is 11.1. The standard InChI is InChI=1S/C18H22BrNO.ClH/c1-13-11-14(19)7-9-17(13)18-10-8-16(21-18)12-20-15-5-3-2-4-6-15;/h7-11,15,20H,2-6,12H2,1H3;1H. The first-order valence-electron chi connectivity index (χ1n) is 7.81. The fraction of sp³-hybridized carbons (Fsp3) is 0.444. The van der Waals surface area contributed by atoms with Crippen LogP contribution in [-0.2, 0) is 6.54 Å². The minimum atomic E-state index is 0. The number of furan rings is 1. The Labute approximate surface area is 147 Å². The molecule has 1 fully saturated rings. The molecular formula is C18H23BrClNO. The molecule has 1 aromatic heterocycles. The zero-order valence-corrected chi connectivity index (χ0v) is 15.3. The van der Waals surface area contributed by atoms with Gasteiger partial charge in [-0.2, -0.15) is 0 Å². The quantitative estimate of drug-likeness (QED) is 0.714. The summed E-state index contributed by atoms with van der Waals surface area (Å²) in [6.07, 6.45) is 6.73. The maximum atomic E-state index is 6.00. The summed E-state index contributed by atoms with van der Waals surface area (Å²) in [5.41, 5.74) is 2.40. The van der Waals surface area contributed by atoms with Crippen molar-refractivity contribution in [3.05, 3.63) is 46.1 Å². The van der Waals surface area contributed by atoms with Crippen LogP contribution in [0.1, 0.15) is 43.4 Å². The van der Waals surface area contributed by atoms with Crippen molar-refractivity contribution in [2.75, 3.05) is 0 Å². The van der Waals surface area contributed by atoms with Gasteiger partial charge in [0.15, 0.2) is 0 Å². The van der Waals surface area contributed by atoms with Gasteiger partial charge < -0.3 is 9.73 Å². The second kappa shape index (κ2) is 8.19. The van der Waals surface area contributed by atoms with Crippen molar-refractivity contribution in [2.24, 2.45) is 0 Å². The molecule has 1 N–H and O–H groups in total. The van der Waals surface area contributed by atoms with Gasteiger partial charge in [0.2, 0.25) is 0 Å². The average molecular weight is 385 g/mol. The highest BCUT2D eigenvalue weighted by atomic mass is 79.9. The number of hydrogen-bond donors (Lipinski definition) is 1. The Morgan fingerprint density at radius 3 is 2.64 bits per heavy atom. The minimum absolute atomic E-state index is 0. The van der Waals surface area contributed by atoms with Crippen molar-refractivity contribution in [2.45, 2.75) is 51.6 Å². The first kappa shape index (κ1) is 17.6. The van der Waals surface area contributed by atoms with Gasteiger partial charge in [-0.25, -0.2) is 0 Å². The van der Waals surface area contributed by atoms with Crippen LogP contribution in [0.4, 0.5) is 0 Å². The predicted molar refractivity (Wildman–Crippen MR) is 97.5 cm³/mol. The average Bonchev–Trinajstić information content (AvgIpc) is 2.95. The lowest BCUT2D eigenvalue weighted by Crippen LogP contribution is -2.30. The van der Waals surface area contributed by atoms with Gasteiger partial charge >= 0.3 is 0 Å². The van der Waals surface area contributed by atoms with E-state index in [2.05, 4.69) is 58.5 Å². The smallest absolute Gasteiger partial charge is 0.134 e. The van der Waals surface area contributed by atoms with Gasteiger partial charge in [-0.05, 0) is 55.7 Å². The van der Waals surface area contributed by atoms with Crippen LogP contribution in [0.25, 0.3) is 11.3 Å². The molecule has 0 bridgehead atoms. The van der Waals surface area contributed by atoms with Crippen LogP contribution in [0.15, 0.2) is 39.2 Å². The van der Waals surface area contributed by atoms with Crippen molar-refractivity contribution >= 4 is 28.3 Å². The highest BCUT2D eigenvalue weighted by Gasteiger charge is 2.13. The predicted octanol–water partition coefficient (Wildman–Crippen LogP) is 5.86. The lowest BCUT2D eigenvalue weighted by Gasteiger charge is -2.22. The topological polar surface area (TPSA) is 25.2 Å².